The van der Waals surface area contributed by atoms with Crippen LogP contribution in [0.3, 0.4) is 0 Å². The zero-order valence-corrected chi connectivity index (χ0v) is 14.2. The highest BCUT2D eigenvalue weighted by atomic mass is 32.2. The number of nitrogens with one attached hydrogen (secondary N) is 1. The second-order valence-corrected chi connectivity index (χ2v) is 8.39. The monoisotopic (exact) mass is 333 g/mol. The van der Waals surface area contributed by atoms with Crippen molar-refractivity contribution in [3.63, 3.8) is 0 Å². The van der Waals surface area contributed by atoms with Crippen LogP contribution in [0.5, 0.6) is 0 Å². The molecule has 2 fully saturated rings. The van der Waals surface area contributed by atoms with Crippen LogP contribution in [0.25, 0.3) is 10.1 Å². The Labute approximate surface area is 138 Å². The summed E-state index contributed by atoms with van der Waals surface area (Å²) in [7, 11) is 0. The molecule has 1 N–H and O–H groups in total. The first-order chi connectivity index (χ1) is 10.7. The van der Waals surface area contributed by atoms with Gasteiger partial charge in [-0.05, 0) is 43.7 Å². The molecule has 3 atom stereocenters. The number of amides is 1. The van der Waals surface area contributed by atoms with Crippen molar-refractivity contribution in [1.82, 2.24) is 15.2 Å². The zero-order valence-electron chi connectivity index (χ0n) is 12.5. The molecule has 1 unspecified atom stereocenters. The Morgan fingerprint density at radius 2 is 2.36 bits per heavy atom. The van der Waals surface area contributed by atoms with Gasteiger partial charge in [0.1, 0.15) is 5.69 Å². The van der Waals surface area contributed by atoms with Crippen LogP contribution in [0.15, 0.2) is 22.5 Å². The molecule has 2 aliphatic rings. The minimum absolute atomic E-state index is 0.0338. The van der Waals surface area contributed by atoms with Crippen LogP contribution in [-0.2, 0) is 0 Å². The number of thioether (sulfide) groups is 1. The van der Waals surface area contributed by atoms with E-state index in [2.05, 4.69) is 27.5 Å². The molecule has 2 aromatic rings. The molecule has 2 aromatic heterocycles. The molecule has 2 saturated heterocycles. The lowest BCUT2D eigenvalue weighted by Gasteiger charge is -2.30. The van der Waals surface area contributed by atoms with Crippen molar-refractivity contribution in [1.29, 1.82) is 0 Å². The number of fused-ring (bicyclic) bond motifs is 3. The minimum atomic E-state index is -0.0338. The standard InChI is InChI=1S/C16H19N3OS2/c1-21-15-5-11-7-17-13(6-14(11)22-15)16(20)18-12-4-10-2-3-19(8-10)9-12/h5-7,10,12H,2-4,8-9H2,1H3,(H,18,20)/t10-,12+/m0/s1. The molecule has 0 aliphatic carbocycles. The Kier molecular flexibility index (Phi) is 3.84. The van der Waals surface area contributed by atoms with Crippen LogP contribution in [-0.4, -0.2) is 47.7 Å². The number of hydrogen-bond donors (Lipinski definition) is 1. The number of piperidine rings is 1. The summed E-state index contributed by atoms with van der Waals surface area (Å²) in [6.45, 7) is 3.39. The quantitative estimate of drug-likeness (QED) is 0.878. The fourth-order valence-electron chi connectivity index (χ4n) is 3.56. The van der Waals surface area contributed by atoms with E-state index in [4.69, 9.17) is 0 Å². The van der Waals surface area contributed by atoms with E-state index in [1.54, 1.807) is 23.1 Å². The van der Waals surface area contributed by atoms with Gasteiger partial charge in [-0.2, -0.15) is 0 Å². The molecule has 2 bridgehead atoms. The zero-order chi connectivity index (χ0) is 15.1. The van der Waals surface area contributed by atoms with Gasteiger partial charge in [-0.25, -0.2) is 0 Å². The number of nitrogens with zero attached hydrogens (tertiary/aromatic N) is 2. The normalized spacial score (nSPS) is 27.2. The summed E-state index contributed by atoms with van der Waals surface area (Å²) in [5, 5.41) is 4.30. The van der Waals surface area contributed by atoms with E-state index >= 15 is 0 Å². The fraction of sp³-hybridized carbons (Fsp3) is 0.500. The number of thiophene rings is 1. The van der Waals surface area contributed by atoms with Crippen molar-refractivity contribution in [2.45, 2.75) is 23.1 Å². The number of rotatable bonds is 3. The van der Waals surface area contributed by atoms with E-state index in [9.17, 15) is 4.79 Å². The highest BCUT2D eigenvalue weighted by Crippen LogP contribution is 2.31. The average Bonchev–Trinajstić information content (AvgIpc) is 3.09. The first kappa shape index (κ1) is 14.5. The lowest BCUT2D eigenvalue weighted by Crippen LogP contribution is -2.47. The summed E-state index contributed by atoms with van der Waals surface area (Å²) in [5.74, 6) is 0.726. The van der Waals surface area contributed by atoms with Gasteiger partial charge in [0.25, 0.3) is 5.91 Å². The molecule has 0 aromatic carbocycles. The highest BCUT2D eigenvalue weighted by Gasteiger charge is 2.33. The predicted molar refractivity (Wildman–Crippen MR) is 91.8 cm³/mol. The molecule has 4 heterocycles. The third-order valence-corrected chi connectivity index (χ3v) is 6.78. The molecule has 6 heteroatoms. The Morgan fingerprint density at radius 1 is 1.45 bits per heavy atom. The van der Waals surface area contributed by atoms with Gasteiger partial charge in [0.2, 0.25) is 0 Å². The maximum Gasteiger partial charge on any atom is 0.270 e. The van der Waals surface area contributed by atoms with E-state index in [0.29, 0.717) is 5.69 Å². The van der Waals surface area contributed by atoms with Gasteiger partial charge in [0.15, 0.2) is 0 Å². The summed E-state index contributed by atoms with van der Waals surface area (Å²) < 4.78 is 2.39. The third-order valence-electron chi connectivity index (χ3n) is 4.61. The highest BCUT2D eigenvalue weighted by molar-refractivity contribution is 8.00. The van der Waals surface area contributed by atoms with E-state index in [1.165, 1.54) is 23.7 Å². The topological polar surface area (TPSA) is 45.2 Å². The van der Waals surface area contributed by atoms with Crippen molar-refractivity contribution in [2.75, 3.05) is 25.9 Å². The van der Waals surface area contributed by atoms with E-state index < -0.39 is 0 Å². The summed E-state index contributed by atoms with van der Waals surface area (Å²) in [4.78, 5) is 19.3. The minimum Gasteiger partial charge on any atom is -0.347 e. The molecule has 0 saturated carbocycles. The third kappa shape index (κ3) is 2.75. The summed E-state index contributed by atoms with van der Waals surface area (Å²) in [5.41, 5.74) is 0.537. The van der Waals surface area contributed by atoms with Gasteiger partial charge in [-0.3, -0.25) is 9.78 Å². The average molecular weight is 333 g/mol. The lowest BCUT2D eigenvalue weighted by atomic mass is 9.97. The number of hydrogen-bond acceptors (Lipinski definition) is 5. The van der Waals surface area contributed by atoms with E-state index in [0.717, 1.165) is 29.0 Å². The fourth-order valence-corrected chi connectivity index (χ4v) is 5.21. The maximum absolute atomic E-state index is 12.5. The first-order valence-electron chi connectivity index (χ1n) is 7.68. The molecule has 4 nitrogen and oxygen atoms in total. The van der Waals surface area contributed by atoms with Crippen molar-refractivity contribution in [2.24, 2.45) is 5.92 Å². The molecular formula is C16H19N3OS2. The van der Waals surface area contributed by atoms with E-state index in [-0.39, 0.29) is 11.9 Å². The van der Waals surface area contributed by atoms with Crippen molar-refractivity contribution in [3.05, 3.63) is 24.0 Å². The molecule has 4 rings (SSSR count). The molecule has 0 radical (unpaired) electrons. The number of carbonyl (C=O) groups excluding carboxylic acids is 1. The van der Waals surface area contributed by atoms with Gasteiger partial charge >= 0.3 is 0 Å². The van der Waals surface area contributed by atoms with Gasteiger partial charge < -0.3 is 10.2 Å². The van der Waals surface area contributed by atoms with Crippen molar-refractivity contribution in [3.8, 4) is 0 Å². The van der Waals surface area contributed by atoms with Gasteiger partial charge in [-0.1, -0.05) is 0 Å². The lowest BCUT2D eigenvalue weighted by molar-refractivity contribution is 0.0904. The number of pyridine rings is 1. The smallest absolute Gasteiger partial charge is 0.270 e. The Hall–Kier alpha value is -1.11. The Bertz CT molecular complexity index is 702. The summed E-state index contributed by atoms with van der Waals surface area (Å²) >= 11 is 3.45. The molecular weight excluding hydrogens is 314 g/mol. The Balaban J connectivity index is 1.50. The second-order valence-electron chi connectivity index (χ2n) is 6.20. The Morgan fingerprint density at radius 3 is 3.18 bits per heavy atom. The van der Waals surface area contributed by atoms with Gasteiger partial charge in [0.05, 0.1) is 4.21 Å². The van der Waals surface area contributed by atoms with Crippen LogP contribution < -0.4 is 5.32 Å². The molecule has 1 amide bonds. The van der Waals surface area contributed by atoms with E-state index in [1.807, 2.05) is 12.3 Å². The molecule has 0 spiro atoms. The molecule has 22 heavy (non-hydrogen) atoms. The van der Waals surface area contributed by atoms with Crippen LogP contribution in [0.4, 0.5) is 0 Å². The number of aromatic nitrogens is 1. The van der Waals surface area contributed by atoms with Crippen molar-refractivity contribution >= 4 is 39.1 Å². The van der Waals surface area contributed by atoms with Crippen LogP contribution in [0.1, 0.15) is 23.3 Å². The largest absolute Gasteiger partial charge is 0.347 e. The molecule has 116 valence electrons. The molecule has 2 aliphatic heterocycles. The number of carbonyl (C=O) groups is 1. The van der Waals surface area contributed by atoms with Gasteiger partial charge in [0, 0.05) is 35.4 Å². The van der Waals surface area contributed by atoms with Crippen molar-refractivity contribution < 1.29 is 4.79 Å². The van der Waals surface area contributed by atoms with Crippen LogP contribution in [0, 0.1) is 5.92 Å². The summed E-state index contributed by atoms with van der Waals surface area (Å²) in [6.07, 6.45) is 6.27. The SMILES string of the molecule is CSc1cc2cnc(C(=O)N[C@@H]3C[C@@H]4CCN(C4)C3)cc2s1. The maximum atomic E-state index is 12.5. The summed E-state index contributed by atoms with van der Waals surface area (Å²) in [6, 6.07) is 4.33. The first-order valence-corrected chi connectivity index (χ1v) is 9.72. The second kappa shape index (κ2) is 5.83. The van der Waals surface area contributed by atoms with Crippen LogP contribution in [0.2, 0.25) is 0 Å². The van der Waals surface area contributed by atoms with Crippen LogP contribution >= 0.6 is 23.1 Å². The predicted octanol–water partition coefficient (Wildman–Crippen LogP) is 2.84. The van der Waals surface area contributed by atoms with Gasteiger partial charge in [-0.15, -0.1) is 23.1 Å².